The molecule has 0 amide bonds. The zero-order valence-electron chi connectivity index (χ0n) is 4.37. The molecular formula is C4H8F2O. The summed E-state index contributed by atoms with van der Waals surface area (Å²) < 4.78 is 20.3. The zero-order valence-corrected chi connectivity index (χ0v) is 4.37. The van der Waals surface area contributed by atoms with Crippen LogP contribution >= 0.6 is 0 Å². The number of halogens is 2. The highest BCUT2D eigenvalue weighted by Crippen LogP contribution is 1.64. The average molecular weight is 110 g/mol. The predicted molar refractivity (Wildman–Crippen MR) is 23.7 cm³/mol. The molecule has 0 aromatic heterocycles. The number of carbonyl (C=O) groups excluding carboxylic acids is 1. The van der Waals surface area contributed by atoms with Gasteiger partial charge in [-0.15, -0.1) is 0 Å². The fourth-order valence-electron chi connectivity index (χ4n) is 0. The molecule has 7 heavy (non-hydrogen) atoms. The normalized spacial score (nSPS) is 6.29. The van der Waals surface area contributed by atoms with E-state index in [2.05, 4.69) is 0 Å². The summed E-state index contributed by atoms with van der Waals surface area (Å²) in [6.07, 6.45) is 0. The fraction of sp³-hybridized carbons (Fsp3) is 0.750. The molecule has 0 fully saturated rings. The van der Waals surface area contributed by atoms with Crippen molar-refractivity contribution in [3.8, 4) is 0 Å². The first-order chi connectivity index (χ1) is 3.27. The first-order valence-corrected chi connectivity index (χ1v) is 1.70. The molecule has 0 aromatic rings. The molecule has 0 aliphatic heterocycles. The van der Waals surface area contributed by atoms with Crippen LogP contribution in [0.4, 0.5) is 8.78 Å². The van der Waals surface area contributed by atoms with Gasteiger partial charge in [0.15, 0.2) is 5.78 Å². The van der Waals surface area contributed by atoms with Crippen molar-refractivity contribution in [3.63, 3.8) is 0 Å². The summed E-state index contributed by atoms with van der Waals surface area (Å²) in [5.74, 6) is -0.412. The molecular weight excluding hydrogens is 102 g/mol. The minimum absolute atomic E-state index is 0.412. The van der Waals surface area contributed by atoms with Gasteiger partial charge in [-0.3, -0.25) is 9.18 Å². The number of hydrogen-bond donors (Lipinski definition) is 0. The Morgan fingerprint density at radius 2 is 1.71 bits per heavy atom. The number of alkyl halides is 2. The third kappa shape index (κ3) is 29.4. The van der Waals surface area contributed by atoms with Gasteiger partial charge in [-0.05, 0) is 6.92 Å². The van der Waals surface area contributed by atoms with E-state index >= 15 is 0 Å². The van der Waals surface area contributed by atoms with Crippen LogP contribution in [0, 0.1) is 0 Å². The first kappa shape index (κ1) is 9.73. The van der Waals surface area contributed by atoms with Crippen molar-refractivity contribution in [2.45, 2.75) is 6.92 Å². The summed E-state index contributed by atoms with van der Waals surface area (Å²) in [6, 6.07) is 0. The molecule has 0 bridgehead atoms. The molecule has 0 aliphatic rings. The Labute approximate surface area is 41.3 Å². The van der Waals surface area contributed by atoms with Gasteiger partial charge in [-0.1, -0.05) is 0 Å². The zero-order chi connectivity index (χ0) is 6.28. The highest BCUT2D eigenvalue weighted by molar-refractivity contribution is 5.76. The molecule has 0 saturated heterocycles. The minimum Gasteiger partial charge on any atom is -0.297 e. The molecule has 44 valence electrons. The predicted octanol–water partition coefficient (Wildman–Crippen LogP) is 1.13. The summed E-state index contributed by atoms with van der Waals surface area (Å²) in [6.45, 7) is 0.375. The second-order valence-electron chi connectivity index (χ2n) is 0.836. The Morgan fingerprint density at radius 1 is 1.57 bits per heavy atom. The molecule has 0 N–H and O–H groups in total. The SMILES string of the molecule is CC(=O)CF.CF. The second kappa shape index (κ2) is 9.11. The van der Waals surface area contributed by atoms with Crippen molar-refractivity contribution in [3.05, 3.63) is 0 Å². The molecule has 0 rings (SSSR count). The molecule has 0 aliphatic carbocycles. The number of hydrogen-bond acceptors (Lipinski definition) is 1. The standard InChI is InChI=1S/C3H5FO.CH3F/c1-3(5)2-4;1-2/h2H2,1H3;1H3. The topological polar surface area (TPSA) is 17.1 Å². The number of Topliss-reactive ketones (excluding diaryl/α,β-unsaturated/α-hetero) is 1. The number of carbonyl (C=O) groups is 1. The van der Waals surface area contributed by atoms with Crippen molar-refractivity contribution in [2.75, 3.05) is 13.9 Å². The van der Waals surface area contributed by atoms with E-state index in [0.717, 1.165) is 0 Å². The van der Waals surface area contributed by atoms with Crippen molar-refractivity contribution in [2.24, 2.45) is 0 Å². The second-order valence-corrected chi connectivity index (χ2v) is 0.836. The van der Waals surface area contributed by atoms with Crippen LogP contribution in [0.2, 0.25) is 0 Å². The number of rotatable bonds is 1. The Bertz CT molecular complexity index is 45.0. The maximum Gasteiger partial charge on any atom is 0.160 e. The van der Waals surface area contributed by atoms with Crippen LogP contribution in [-0.2, 0) is 4.79 Å². The lowest BCUT2D eigenvalue weighted by Gasteiger charge is -1.68. The van der Waals surface area contributed by atoms with Crippen LogP contribution in [0.15, 0.2) is 0 Å². The van der Waals surface area contributed by atoms with Crippen molar-refractivity contribution < 1.29 is 13.6 Å². The minimum atomic E-state index is -0.833. The lowest BCUT2D eigenvalue weighted by atomic mass is 10.5. The van der Waals surface area contributed by atoms with Gasteiger partial charge in [0.05, 0.1) is 7.18 Å². The average Bonchev–Trinajstić information content (AvgIpc) is 1.73. The van der Waals surface area contributed by atoms with Crippen LogP contribution in [0.5, 0.6) is 0 Å². The van der Waals surface area contributed by atoms with Gasteiger partial charge in [0, 0.05) is 0 Å². The van der Waals surface area contributed by atoms with E-state index in [4.69, 9.17) is 0 Å². The van der Waals surface area contributed by atoms with Gasteiger partial charge in [-0.2, -0.15) is 0 Å². The van der Waals surface area contributed by atoms with E-state index in [0.29, 0.717) is 7.18 Å². The maximum absolute atomic E-state index is 10.8. The van der Waals surface area contributed by atoms with Gasteiger partial charge < -0.3 is 0 Å². The Morgan fingerprint density at radius 3 is 1.71 bits per heavy atom. The molecule has 3 heteroatoms. The quantitative estimate of drug-likeness (QED) is 0.494. The highest BCUT2D eigenvalue weighted by atomic mass is 19.1. The van der Waals surface area contributed by atoms with Crippen LogP contribution < -0.4 is 0 Å². The van der Waals surface area contributed by atoms with E-state index in [1.807, 2.05) is 0 Å². The third-order valence-corrected chi connectivity index (χ3v) is 0.188. The molecule has 0 atom stereocenters. The molecule has 0 saturated carbocycles. The van der Waals surface area contributed by atoms with Crippen LogP contribution in [0.25, 0.3) is 0 Å². The van der Waals surface area contributed by atoms with Gasteiger partial charge in [0.1, 0.15) is 6.67 Å². The molecule has 0 unspecified atom stereocenters. The largest absolute Gasteiger partial charge is 0.297 e. The van der Waals surface area contributed by atoms with Gasteiger partial charge in [-0.25, -0.2) is 4.39 Å². The van der Waals surface area contributed by atoms with E-state index in [9.17, 15) is 13.6 Å². The summed E-state index contributed by atoms with van der Waals surface area (Å²) >= 11 is 0. The van der Waals surface area contributed by atoms with E-state index in [-0.39, 0.29) is 0 Å². The number of ketones is 1. The molecule has 1 nitrogen and oxygen atoms in total. The van der Waals surface area contributed by atoms with Crippen molar-refractivity contribution >= 4 is 5.78 Å². The molecule has 0 heterocycles. The van der Waals surface area contributed by atoms with E-state index < -0.39 is 12.5 Å². The van der Waals surface area contributed by atoms with E-state index in [1.54, 1.807) is 0 Å². The van der Waals surface area contributed by atoms with Crippen molar-refractivity contribution in [1.82, 2.24) is 0 Å². The van der Waals surface area contributed by atoms with Crippen LogP contribution in [0.1, 0.15) is 6.92 Å². The van der Waals surface area contributed by atoms with Crippen LogP contribution in [-0.4, -0.2) is 19.6 Å². The van der Waals surface area contributed by atoms with Gasteiger partial charge in [0.2, 0.25) is 0 Å². The monoisotopic (exact) mass is 110 g/mol. The summed E-state index contributed by atoms with van der Waals surface area (Å²) in [5, 5.41) is 0. The Hall–Kier alpha value is -0.470. The van der Waals surface area contributed by atoms with Crippen LogP contribution in [0.3, 0.4) is 0 Å². The lowest BCUT2D eigenvalue weighted by molar-refractivity contribution is -0.117. The summed E-state index contributed by atoms with van der Waals surface area (Å²) in [7, 11) is 0.500. The maximum atomic E-state index is 10.8. The molecule has 0 spiro atoms. The summed E-state index contributed by atoms with van der Waals surface area (Å²) in [5.41, 5.74) is 0. The third-order valence-electron chi connectivity index (χ3n) is 0.188. The highest BCUT2D eigenvalue weighted by Gasteiger charge is 1.81. The van der Waals surface area contributed by atoms with Crippen molar-refractivity contribution in [1.29, 1.82) is 0 Å². The van der Waals surface area contributed by atoms with Gasteiger partial charge >= 0.3 is 0 Å². The smallest absolute Gasteiger partial charge is 0.160 e. The fourth-order valence-corrected chi connectivity index (χ4v) is 0. The van der Waals surface area contributed by atoms with Gasteiger partial charge in [0.25, 0.3) is 0 Å². The molecule has 0 radical (unpaired) electrons. The molecule has 0 aromatic carbocycles. The first-order valence-electron chi connectivity index (χ1n) is 1.70. The Balaban J connectivity index is 0. The Kier molecular flexibility index (Phi) is 12.7. The van der Waals surface area contributed by atoms with E-state index in [1.165, 1.54) is 6.92 Å². The lowest BCUT2D eigenvalue weighted by Crippen LogP contribution is -1.87. The summed E-state index contributed by atoms with van der Waals surface area (Å²) in [4.78, 5) is 9.44.